The van der Waals surface area contributed by atoms with E-state index in [0.717, 1.165) is 28.1 Å². The molecule has 0 atom stereocenters. The summed E-state index contributed by atoms with van der Waals surface area (Å²) in [7, 11) is 0. The van der Waals surface area contributed by atoms with Crippen molar-refractivity contribution in [3.63, 3.8) is 0 Å². The molecular formula is C18H17NOS. The van der Waals surface area contributed by atoms with Gasteiger partial charge in [0, 0.05) is 10.5 Å². The maximum Gasteiger partial charge on any atom is 0.174 e. The maximum absolute atomic E-state index is 5.58. The van der Waals surface area contributed by atoms with E-state index >= 15 is 0 Å². The van der Waals surface area contributed by atoms with Gasteiger partial charge in [-0.1, -0.05) is 35.0 Å². The van der Waals surface area contributed by atoms with Crippen LogP contribution in [0.25, 0.3) is 22.5 Å². The summed E-state index contributed by atoms with van der Waals surface area (Å²) in [5.41, 5.74) is 5.45. The highest BCUT2D eigenvalue weighted by Crippen LogP contribution is 2.35. The average molecular weight is 295 g/mol. The molecule has 0 saturated carbocycles. The Morgan fingerprint density at radius 2 is 1.48 bits per heavy atom. The largest absolute Gasteiger partial charge is 0.355 e. The zero-order chi connectivity index (χ0) is 14.8. The van der Waals surface area contributed by atoms with Crippen LogP contribution in [0.3, 0.4) is 0 Å². The van der Waals surface area contributed by atoms with Crippen molar-refractivity contribution < 1.29 is 4.52 Å². The second-order valence-corrected chi connectivity index (χ2v) is 5.95. The summed E-state index contributed by atoms with van der Waals surface area (Å²) in [6, 6.07) is 16.9. The third-order valence-electron chi connectivity index (χ3n) is 3.56. The van der Waals surface area contributed by atoms with Crippen LogP contribution in [0.1, 0.15) is 11.3 Å². The third kappa shape index (κ3) is 2.74. The van der Waals surface area contributed by atoms with Crippen molar-refractivity contribution in [2.24, 2.45) is 0 Å². The highest BCUT2D eigenvalue weighted by molar-refractivity contribution is 7.98. The molecule has 106 valence electrons. The van der Waals surface area contributed by atoms with Crippen LogP contribution in [0.4, 0.5) is 0 Å². The number of benzene rings is 2. The van der Waals surface area contributed by atoms with Crippen LogP contribution in [0, 0.1) is 13.8 Å². The van der Waals surface area contributed by atoms with E-state index in [4.69, 9.17) is 4.52 Å². The van der Waals surface area contributed by atoms with Crippen LogP contribution in [-0.4, -0.2) is 11.4 Å². The van der Waals surface area contributed by atoms with Gasteiger partial charge < -0.3 is 4.52 Å². The normalized spacial score (nSPS) is 10.8. The van der Waals surface area contributed by atoms with Crippen LogP contribution in [0.15, 0.2) is 57.9 Å². The molecule has 2 aromatic carbocycles. The van der Waals surface area contributed by atoms with Gasteiger partial charge in [-0.05, 0) is 49.9 Å². The standard InChI is InChI=1S/C18H17NOS/c1-12-4-6-14(7-5-12)17-13(2)19-20-18(17)15-8-10-16(21-3)11-9-15/h4-11H,1-3H3. The Labute approximate surface area is 129 Å². The predicted octanol–water partition coefficient (Wildman–Crippen LogP) is 5.35. The Balaban J connectivity index is 2.09. The molecule has 0 bridgehead atoms. The smallest absolute Gasteiger partial charge is 0.174 e. The first-order chi connectivity index (χ1) is 10.2. The van der Waals surface area contributed by atoms with E-state index in [1.807, 2.05) is 6.92 Å². The van der Waals surface area contributed by atoms with E-state index in [1.165, 1.54) is 10.5 Å². The lowest BCUT2D eigenvalue weighted by Crippen LogP contribution is -1.84. The molecule has 0 saturated heterocycles. The molecule has 1 aromatic heterocycles. The van der Waals surface area contributed by atoms with Gasteiger partial charge in [-0.2, -0.15) is 0 Å². The number of aromatic nitrogens is 1. The topological polar surface area (TPSA) is 26.0 Å². The highest BCUT2D eigenvalue weighted by atomic mass is 32.2. The average Bonchev–Trinajstić information content (AvgIpc) is 2.90. The lowest BCUT2D eigenvalue weighted by atomic mass is 9.99. The highest BCUT2D eigenvalue weighted by Gasteiger charge is 2.16. The monoisotopic (exact) mass is 295 g/mol. The lowest BCUT2D eigenvalue weighted by molar-refractivity contribution is 0.427. The van der Waals surface area contributed by atoms with E-state index in [2.05, 4.69) is 66.9 Å². The van der Waals surface area contributed by atoms with Gasteiger partial charge in [0.25, 0.3) is 0 Å². The second-order valence-electron chi connectivity index (χ2n) is 5.07. The minimum Gasteiger partial charge on any atom is -0.355 e. The van der Waals surface area contributed by atoms with Gasteiger partial charge in [0.1, 0.15) is 0 Å². The molecule has 0 aliphatic heterocycles. The number of rotatable bonds is 3. The van der Waals surface area contributed by atoms with E-state index in [-0.39, 0.29) is 0 Å². The summed E-state index contributed by atoms with van der Waals surface area (Å²) in [5, 5.41) is 4.15. The first-order valence-electron chi connectivity index (χ1n) is 6.87. The number of thioether (sulfide) groups is 1. The van der Waals surface area contributed by atoms with Gasteiger partial charge in [0.05, 0.1) is 11.3 Å². The first kappa shape index (κ1) is 14.0. The van der Waals surface area contributed by atoms with Gasteiger partial charge in [-0.3, -0.25) is 0 Å². The molecule has 0 aliphatic rings. The van der Waals surface area contributed by atoms with Gasteiger partial charge in [-0.25, -0.2) is 0 Å². The van der Waals surface area contributed by atoms with E-state index in [1.54, 1.807) is 11.8 Å². The Bertz CT molecular complexity index is 742. The Kier molecular flexibility index (Phi) is 3.84. The van der Waals surface area contributed by atoms with Crippen molar-refractivity contribution >= 4 is 11.8 Å². The molecule has 21 heavy (non-hydrogen) atoms. The predicted molar refractivity (Wildman–Crippen MR) is 88.6 cm³/mol. The quantitative estimate of drug-likeness (QED) is 0.609. The SMILES string of the molecule is CSc1ccc(-c2onc(C)c2-c2ccc(C)cc2)cc1. The van der Waals surface area contributed by atoms with E-state index in [0.29, 0.717) is 0 Å². The molecule has 1 heterocycles. The fourth-order valence-corrected chi connectivity index (χ4v) is 2.78. The fraction of sp³-hybridized carbons (Fsp3) is 0.167. The molecule has 0 N–H and O–H groups in total. The summed E-state index contributed by atoms with van der Waals surface area (Å²) < 4.78 is 5.58. The van der Waals surface area contributed by atoms with Gasteiger partial charge in [-0.15, -0.1) is 11.8 Å². The van der Waals surface area contributed by atoms with E-state index < -0.39 is 0 Å². The van der Waals surface area contributed by atoms with Crippen molar-refractivity contribution in [3.8, 4) is 22.5 Å². The first-order valence-corrected chi connectivity index (χ1v) is 8.09. The van der Waals surface area contributed by atoms with Gasteiger partial charge >= 0.3 is 0 Å². The van der Waals surface area contributed by atoms with Crippen LogP contribution >= 0.6 is 11.8 Å². The molecule has 0 radical (unpaired) electrons. The summed E-state index contributed by atoms with van der Waals surface area (Å²) >= 11 is 1.73. The number of hydrogen-bond acceptors (Lipinski definition) is 3. The molecule has 0 amide bonds. The molecule has 0 fully saturated rings. The summed E-state index contributed by atoms with van der Waals surface area (Å²) in [6.07, 6.45) is 2.07. The molecule has 3 aromatic rings. The minimum atomic E-state index is 0.837. The number of aryl methyl sites for hydroxylation is 2. The van der Waals surface area contributed by atoms with Crippen LogP contribution < -0.4 is 0 Å². The summed E-state index contributed by atoms with van der Waals surface area (Å²) in [6.45, 7) is 4.07. The van der Waals surface area contributed by atoms with Crippen LogP contribution in [-0.2, 0) is 0 Å². The minimum absolute atomic E-state index is 0.837. The van der Waals surface area contributed by atoms with Crippen molar-refractivity contribution in [2.45, 2.75) is 18.7 Å². The lowest BCUT2D eigenvalue weighted by Gasteiger charge is -2.04. The molecule has 3 heteroatoms. The third-order valence-corrected chi connectivity index (χ3v) is 4.30. The molecule has 0 aliphatic carbocycles. The molecule has 0 spiro atoms. The molecular weight excluding hydrogens is 278 g/mol. The fourth-order valence-electron chi connectivity index (χ4n) is 2.37. The molecule has 0 unspecified atom stereocenters. The van der Waals surface area contributed by atoms with Crippen molar-refractivity contribution in [2.75, 3.05) is 6.26 Å². The zero-order valence-corrected chi connectivity index (χ0v) is 13.2. The van der Waals surface area contributed by atoms with Gasteiger partial charge in [0.2, 0.25) is 0 Å². The van der Waals surface area contributed by atoms with E-state index in [9.17, 15) is 0 Å². The van der Waals surface area contributed by atoms with Crippen molar-refractivity contribution in [1.82, 2.24) is 5.16 Å². The van der Waals surface area contributed by atoms with Crippen LogP contribution in [0.5, 0.6) is 0 Å². The van der Waals surface area contributed by atoms with Gasteiger partial charge in [0.15, 0.2) is 5.76 Å². The zero-order valence-electron chi connectivity index (χ0n) is 12.4. The Hall–Kier alpha value is -2.00. The Morgan fingerprint density at radius 1 is 0.857 bits per heavy atom. The number of nitrogens with zero attached hydrogens (tertiary/aromatic N) is 1. The van der Waals surface area contributed by atoms with Crippen molar-refractivity contribution in [3.05, 3.63) is 59.8 Å². The van der Waals surface area contributed by atoms with Crippen molar-refractivity contribution in [1.29, 1.82) is 0 Å². The van der Waals surface area contributed by atoms with Crippen LogP contribution in [0.2, 0.25) is 0 Å². The summed E-state index contributed by atoms with van der Waals surface area (Å²) in [4.78, 5) is 1.24. The molecule has 2 nitrogen and oxygen atoms in total. The Morgan fingerprint density at radius 3 is 2.10 bits per heavy atom. The summed E-state index contributed by atoms with van der Waals surface area (Å²) in [5.74, 6) is 0.837. The number of hydrogen-bond donors (Lipinski definition) is 0. The molecule has 3 rings (SSSR count). The maximum atomic E-state index is 5.58. The second kappa shape index (κ2) is 5.78.